The van der Waals surface area contributed by atoms with Crippen molar-refractivity contribution in [2.45, 2.75) is 13.8 Å². The summed E-state index contributed by atoms with van der Waals surface area (Å²) in [5.74, 6) is 1.24. The molecule has 0 saturated carbocycles. The Morgan fingerprint density at radius 1 is 1.04 bits per heavy atom. The molecular formula is C20H21N3O3. The van der Waals surface area contributed by atoms with Gasteiger partial charge in [-0.3, -0.25) is 9.89 Å². The average molecular weight is 351 g/mol. The van der Waals surface area contributed by atoms with Crippen molar-refractivity contribution in [3.63, 3.8) is 0 Å². The Hall–Kier alpha value is -3.28. The van der Waals surface area contributed by atoms with Gasteiger partial charge in [0.25, 0.3) is 5.91 Å². The van der Waals surface area contributed by atoms with E-state index in [1.165, 1.54) is 12.7 Å². The summed E-state index contributed by atoms with van der Waals surface area (Å²) in [7, 11) is 3.08. The van der Waals surface area contributed by atoms with E-state index in [9.17, 15) is 4.79 Å². The maximum absolute atomic E-state index is 12.8. The van der Waals surface area contributed by atoms with E-state index >= 15 is 0 Å². The standard InChI is InChI=1S/C20H21N3O3/c1-12-5-7-14(8-6-12)18-13(2)22-23-19(18)21-20(24)16-10-9-15(25-3)11-17(16)26-4/h5-11H,1-4H3,(H2,21,22,23,24). The highest BCUT2D eigenvalue weighted by atomic mass is 16.5. The lowest BCUT2D eigenvalue weighted by Crippen LogP contribution is -2.14. The van der Waals surface area contributed by atoms with Crippen molar-refractivity contribution in [3.8, 4) is 22.6 Å². The first-order chi connectivity index (χ1) is 12.5. The minimum atomic E-state index is -0.302. The van der Waals surface area contributed by atoms with Crippen LogP contribution < -0.4 is 14.8 Å². The second-order valence-electron chi connectivity index (χ2n) is 5.96. The lowest BCUT2D eigenvalue weighted by Gasteiger charge is -2.11. The van der Waals surface area contributed by atoms with E-state index in [1.54, 1.807) is 25.3 Å². The second kappa shape index (κ2) is 7.31. The number of H-pyrrole nitrogens is 1. The van der Waals surface area contributed by atoms with Crippen LogP contribution in [0.15, 0.2) is 42.5 Å². The number of aryl methyl sites for hydroxylation is 2. The Morgan fingerprint density at radius 3 is 2.42 bits per heavy atom. The van der Waals surface area contributed by atoms with Gasteiger partial charge in [0.05, 0.1) is 19.8 Å². The van der Waals surface area contributed by atoms with Gasteiger partial charge in [0.15, 0.2) is 5.82 Å². The summed E-state index contributed by atoms with van der Waals surface area (Å²) in [5.41, 5.74) is 4.31. The van der Waals surface area contributed by atoms with Gasteiger partial charge in [-0.25, -0.2) is 0 Å². The number of amides is 1. The van der Waals surface area contributed by atoms with Crippen LogP contribution in [0.4, 0.5) is 5.82 Å². The molecule has 3 aromatic rings. The van der Waals surface area contributed by atoms with Crippen LogP contribution in [0, 0.1) is 13.8 Å². The lowest BCUT2D eigenvalue weighted by atomic mass is 10.0. The first kappa shape index (κ1) is 17.5. The molecule has 3 rings (SSSR count). The molecule has 1 heterocycles. The Balaban J connectivity index is 1.93. The molecule has 0 aliphatic heterocycles. The van der Waals surface area contributed by atoms with Crippen LogP contribution in [0.2, 0.25) is 0 Å². The highest BCUT2D eigenvalue weighted by Crippen LogP contribution is 2.31. The zero-order valence-electron chi connectivity index (χ0n) is 15.2. The van der Waals surface area contributed by atoms with Crippen molar-refractivity contribution in [3.05, 3.63) is 59.3 Å². The van der Waals surface area contributed by atoms with Crippen LogP contribution in [0.1, 0.15) is 21.6 Å². The van der Waals surface area contributed by atoms with Crippen molar-refractivity contribution in [2.24, 2.45) is 0 Å². The number of carbonyl (C=O) groups is 1. The molecule has 0 saturated heterocycles. The summed E-state index contributed by atoms with van der Waals surface area (Å²) < 4.78 is 10.5. The maximum atomic E-state index is 12.8. The molecule has 0 radical (unpaired) electrons. The quantitative estimate of drug-likeness (QED) is 0.729. The number of ether oxygens (including phenoxy) is 2. The second-order valence-corrected chi connectivity index (χ2v) is 5.96. The van der Waals surface area contributed by atoms with Gasteiger partial charge in [0.2, 0.25) is 0 Å². The number of hydrogen-bond acceptors (Lipinski definition) is 4. The number of benzene rings is 2. The molecule has 0 spiro atoms. The van der Waals surface area contributed by atoms with E-state index in [4.69, 9.17) is 9.47 Å². The molecule has 2 aromatic carbocycles. The third-order valence-corrected chi connectivity index (χ3v) is 4.17. The van der Waals surface area contributed by atoms with Crippen LogP contribution >= 0.6 is 0 Å². The summed E-state index contributed by atoms with van der Waals surface area (Å²) in [6, 6.07) is 13.1. The van der Waals surface area contributed by atoms with Gasteiger partial charge in [-0.15, -0.1) is 0 Å². The van der Waals surface area contributed by atoms with Crippen LogP contribution in [0.5, 0.6) is 11.5 Å². The molecule has 1 aromatic heterocycles. The van der Waals surface area contributed by atoms with Crippen molar-refractivity contribution in [1.82, 2.24) is 10.2 Å². The van der Waals surface area contributed by atoms with Gasteiger partial charge in [0.1, 0.15) is 11.5 Å². The molecule has 0 bridgehead atoms. The summed E-state index contributed by atoms with van der Waals surface area (Å²) >= 11 is 0. The lowest BCUT2D eigenvalue weighted by molar-refractivity contribution is 0.102. The third-order valence-electron chi connectivity index (χ3n) is 4.17. The first-order valence-corrected chi connectivity index (χ1v) is 8.19. The normalized spacial score (nSPS) is 10.5. The fraction of sp³-hybridized carbons (Fsp3) is 0.200. The fourth-order valence-electron chi connectivity index (χ4n) is 2.75. The smallest absolute Gasteiger partial charge is 0.260 e. The fourth-order valence-corrected chi connectivity index (χ4v) is 2.75. The predicted octanol–water partition coefficient (Wildman–Crippen LogP) is 3.96. The number of anilines is 1. The molecule has 2 N–H and O–H groups in total. The van der Waals surface area contributed by atoms with Crippen molar-refractivity contribution in [1.29, 1.82) is 0 Å². The van der Waals surface area contributed by atoms with Gasteiger partial charge in [-0.05, 0) is 31.5 Å². The number of nitrogens with zero attached hydrogens (tertiary/aromatic N) is 1. The third kappa shape index (κ3) is 3.39. The number of rotatable bonds is 5. The monoisotopic (exact) mass is 351 g/mol. The number of carbonyl (C=O) groups excluding carboxylic acids is 1. The van der Waals surface area contributed by atoms with Crippen molar-refractivity contribution in [2.75, 3.05) is 19.5 Å². The van der Waals surface area contributed by atoms with Crippen molar-refractivity contribution < 1.29 is 14.3 Å². The summed E-state index contributed by atoms with van der Waals surface area (Å²) in [6.45, 7) is 3.95. The van der Waals surface area contributed by atoms with E-state index in [-0.39, 0.29) is 5.91 Å². The Bertz CT molecular complexity index is 930. The van der Waals surface area contributed by atoms with Crippen LogP contribution in [-0.2, 0) is 0 Å². The number of aromatic amines is 1. The topological polar surface area (TPSA) is 76.2 Å². The van der Waals surface area contributed by atoms with E-state index < -0.39 is 0 Å². The molecule has 0 aliphatic rings. The molecule has 0 atom stereocenters. The average Bonchev–Trinajstić information content (AvgIpc) is 3.02. The number of methoxy groups -OCH3 is 2. The first-order valence-electron chi connectivity index (χ1n) is 8.19. The molecular weight excluding hydrogens is 330 g/mol. The van der Waals surface area contributed by atoms with Crippen molar-refractivity contribution >= 4 is 11.7 Å². The summed E-state index contributed by atoms with van der Waals surface area (Å²) in [5, 5.41) is 10.1. The number of aromatic nitrogens is 2. The minimum Gasteiger partial charge on any atom is -0.497 e. The van der Waals surface area contributed by atoms with Crippen LogP contribution in [0.25, 0.3) is 11.1 Å². The van der Waals surface area contributed by atoms with E-state index in [2.05, 4.69) is 15.5 Å². The molecule has 6 nitrogen and oxygen atoms in total. The van der Waals surface area contributed by atoms with Gasteiger partial charge < -0.3 is 14.8 Å². The maximum Gasteiger partial charge on any atom is 0.260 e. The molecule has 1 amide bonds. The van der Waals surface area contributed by atoms with Gasteiger partial charge in [0, 0.05) is 17.3 Å². The van der Waals surface area contributed by atoms with Gasteiger partial charge >= 0.3 is 0 Å². The zero-order valence-corrected chi connectivity index (χ0v) is 15.2. The molecule has 0 unspecified atom stereocenters. The van der Waals surface area contributed by atoms with Crippen LogP contribution in [0.3, 0.4) is 0 Å². The molecule has 134 valence electrons. The zero-order chi connectivity index (χ0) is 18.7. The summed E-state index contributed by atoms with van der Waals surface area (Å²) in [4.78, 5) is 12.8. The van der Waals surface area contributed by atoms with Crippen LogP contribution in [-0.4, -0.2) is 30.3 Å². The van der Waals surface area contributed by atoms with Gasteiger partial charge in [-0.1, -0.05) is 29.8 Å². The van der Waals surface area contributed by atoms with E-state index in [1.807, 2.05) is 38.1 Å². The molecule has 0 fully saturated rings. The highest BCUT2D eigenvalue weighted by molar-refractivity contribution is 6.07. The Labute approximate surface area is 152 Å². The number of nitrogens with one attached hydrogen (secondary N) is 2. The molecule has 0 aliphatic carbocycles. The predicted molar refractivity (Wildman–Crippen MR) is 101 cm³/mol. The Kier molecular flexibility index (Phi) is 4.93. The number of hydrogen-bond donors (Lipinski definition) is 2. The van der Waals surface area contributed by atoms with E-state index in [0.29, 0.717) is 22.9 Å². The van der Waals surface area contributed by atoms with Gasteiger partial charge in [-0.2, -0.15) is 5.10 Å². The molecule has 26 heavy (non-hydrogen) atoms. The minimum absolute atomic E-state index is 0.302. The summed E-state index contributed by atoms with van der Waals surface area (Å²) in [6.07, 6.45) is 0. The Morgan fingerprint density at radius 2 is 1.77 bits per heavy atom. The molecule has 6 heteroatoms. The van der Waals surface area contributed by atoms with E-state index in [0.717, 1.165) is 16.8 Å². The SMILES string of the molecule is COc1ccc(C(=O)Nc2n[nH]c(C)c2-c2ccc(C)cc2)c(OC)c1. The highest BCUT2D eigenvalue weighted by Gasteiger charge is 2.18. The largest absolute Gasteiger partial charge is 0.497 e.